The van der Waals surface area contributed by atoms with Crippen LogP contribution in [0.4, 0.5) is 17.3 Å². The Morgan fingerprint density at radius 1 is 0.919 bits per heavy atom. The molecule has 4 aromatic rings. The van der Waals surface area contributed by atoms with Crippen LogP contribution in [0.1, 0.15) is 15.2 Å². The number of nitrogens with one attached hydrogen (secondary N) is 3. The smallest absolute Gasteiger partial charge is 0.255 e. The summed E-state index contributed by atoms with van der Waals surface area (Å²) in [6.07, 6.45) is 0. The Hall–Kier alpha value is -4.13. The summed E-state index contributed by atoms with van der Waals surface area (Å²) in [6, 6.07) is 22.7. The van der Waals surface area contributed by atoms with Crippen LogP contribution in [0.15, 0.2) is 83.8 Å². The SMILES string of the molecule is Nc1nc(NCCNc2ccc(S(N)(=O)=O)cc2)ccc1C(=O)NCc1ccc(Oc2ccccc2)s1. The van der Waals surface area contributed by atoms with Crippen molar-refractivity contribution in [2.75, 3.05) is 29.5 Å². The van der Waals surface area contributed by atoms with Gasteiger partial charge in [-0.2, -0.15) is 0 Å². The number of nitrogens with two attached hydrogens (primary N) is 2. The van der Waals surface area contributed by atoms with Crippen molar-refractivity contribution in [2.24, 2.45) is 5.14 Å². The van der Waals surface area contributed by atoms with Gasteiger partial charge >= 0.3 is 0 Å². The van der Waals surface area contributed by atoms with Gasteiger partial charge in [-0.25, -0.2) is 18.5 Å². The van der Waals surface area contributed by atoms with Crippen LogP contribution in [-0.2, 0) is 16.6 Å². The van der Waals surface area contributed by atoms with E-state index in [4.69, 9.17) is 15.6 Å². The number of aromatic nitrogens is 1. The highest BCUT2D eigenvalue weighted by molar-refractivity contribution is 7.89. The quantitative estimate of drug-likeness (QED) is 0.181. The van der Waals surface area contributed by atoms with Gasteiger partial charge in [0.25, 0.3) is 5.91 Å². The van der Waals surface area contributed by atoms with E-state index in [0.717, 1.165) is 21.4 Å². The number of carbonyl (C=O) groups excluding carboxylic acids is 1. The molecule has 2 aromatic carbocycles. The van der Waals surface area contributed by atoms with Crippen molar-refractivity contribution < 1.29 is 17.9 Å². The van der Waals surface area contributed by atoms with E-state index in [1.807, 2.05) is 42.5 Å². The molecule has 7 N–H and O–H groups in total. The largest absolute Gasteiger partial charge is 0.447 e. The molecule has 1 amide bonds. The third-order valence-electron chi connectivity index (χ3n) is 5.13. The van der Waals surface area contributed by atoms with Crippen LogP contribution in [0.5, 0.6) is 10.8 Å². The molecule has 2 heterocycles. The maximum atomic E-state index is 12.6. The third-order valence-corrected chi connectivity index (χ3v) is 7.03. The highest BCUT2D eigenvalue weighted by Gasteiger charge is 2.12. The van der Waals surface area contributed by atoms with Crippen LogP contribution in [-0.4, -0.2) is 32.4 Å². The number of primary sulfonamides is 1. The van der Waals surface area contributed by atoms with Crippen LogP contribution < -0.4 is 31.6 Å². The number of anilines is 3. The van der Waals surface area contributed by atoms with Gasteiger partial charge in [-0.3, -0.25) is 4.79 Å². The van der Waals surface area contributed by atoms with Gasteiger partial charge < -0.3 is 26.4 Å². The van der Waals surface area contributed by atoms with Gasteiger partial charge in [0.15, 0.2) is 5.06 Å². The maximum absolute atomic E-state index is 12.6. The number of nitrogens with zero attached hydrogens (tertiary/aromatic N) is 1. The minimum atomic E-state index is -3.72. The Morgan fingerprint density at radius 2 is 1.65 bits per heavy atom. The van der Waals surface area contributed by atoms with Crippen molar-refractivity contribution in [2.45, 2.75) is 11.4 Å². The molecule has 0 saturated carbocycles. The van der Waals surface area contributed by atoms with Crippen LogP contribution in [0.3, 0.4) is 0 Å². The van der Waals surface area contributed by atoms with E-state index in [9.17, 15) is 13.2 Å². The highest BCUT2D eigenvalue weighted by Crippen LogP contribution is 2.29. The second-order valence-corrected chi connectivity index (χ2v) is 10.6. The number of pyridine rings is 1. The molecule has 4 rings (SSSR count). The first kappa shape index (κ1) is 25.9. The zero-order valence-electron chi connectivity index (χ0n) is 19.7. The lowest BCUT2D eigenvalue weighted by molar-refractivity contribution is 0.0952. The van der Waals surface area contributed by atoms with Gasteiger partial charge in [0, 0.05) is 23.7 Å². The molecule has 0 bridgehead atoms. The lowest BCUT2D eigenvalue weighted by atomic mass is 10.2. The molecule has 0 spiro atoms. The Bertz CT molecular complexity index is 1460. The van der Waals surface area contributed by atoms with E-state index < -0.39 is 10.0 Å². The summed E-state index contributed by atoms with van der Waals surface area (Å²) in [5.41, 5.74) is 7.06. The molecule has 10 nitrogen and oxygen atoms in total. The zero-order chi connectivity index (χ0) is 26.3. The lowest BCUT2D eigenvalue weighted by Crippen LogP contribution is -2.24. The minimum Gasteiger partial charge on any atom is -0.447 e. The molecule has 0 radical (unpaired) electrons. The van der Waals surface area contributed by atoms with Crippen LogP contribution >= 0.6 is 11.3 Å². The normalized spacial score (nSPS) is 11.1. The fraction of sp³-hybridized carbons (Fsp3) is 0.120. The zero-order valence-corrected chi connectivity index (χ0v) is 21.3. The fourth-order valence-corrected chi connectivity index (χ4v) is 4.63. The highest BCUT2D eigenvalue weighted by atomic mass is 32.2. The Kier molecular flexibility index (Phi) is 8.23. The van der Waals surface area contributed by atoms with Gasteiger partial charge in [-0.15, -0.1) is 11.3 Å². The predicted octanol–water partition coefficient (Wildman–Crippen LogP) is 3.62. The number of carbonyl (C=O) groups is 1. The molecule has 0 aliphatic heterocycles. The molecule has 37 heavy (non-hydrogen) atoms. The molecule has 0 aliphatic carbocycles. The number of amides is 1. The number of thiophene rings is 1. The number of nitrogen functional groups attached to an aromatic ring is 1. The minimum absolute atomic E-state index is 0.0530. The Labute approximate surface area is 218 Å². The van der Waals surface area contributed by atoms with E-state index in [2.05, 4.69) is 20.9 Å². The number of ether oxygens (including phenoxy) is 1. The van der Waals surface area contributed by atoms with E-state index in [1.165, 1.54) is 23.5 Å². The molecule has 0 aliphatic rings. The van der Waals surface area contributed by atoms with Gasteiger partial charge in [0.05, 0.1) is 17.0 Å². The van der Waals surface area contributed by atoms with Crippen LogP contribution in [0, 0.1) is 0 Å². The first-order valence-electron chi connectivity index (χ1n) is 11.2. The molecule has 12 heteroatoms. The topological polar surface area (TPSA) is 161 Å². The number of hydrogen-bond donors (Lipinski definition) is 5. The number of benzene rings is 2. The van der Waals surface area contributed by atoms with Gasteiger partial charge in [-0.05, 0) is 60.7 Å². The number of rotatable bonds is 11. The van der Waals surface area contributed by atoms with Crippen molar-refractivity contribution in [3.8, 4) is 10.8 Å². The fourth-order valence-electron chi connectivity index (χ4n) is 3.30. The van der Waals surface area contributed by atoms with Crippen molar-refractivity contribution in [3.63, 3.8) is 0 Å². The molecular formula is C25H26N6O4S2. The number of sulfonamides is 1. The molecular weight excluding hydrogens is 512 g/mol. The summed E-state index contributed by atoms with van der Waals surface area (Å²) < 4.78 is 28.4. The first-order chi connectivity index (χ1) is 17.8. The number of hydrogen-bond acceptors (Lipinski definition) is 9. The molecule has 2 aromatic heterocycles. The summed E-state index contributed by atoms with van der Waals surface area (Å²) in [6.45, 7) is 1.39. The Morgan fingerprint density at radius 3 is 2.35 bits per heavy atom. The van der Waals surface area contributed by atoms with Crippen molar-refractivity contribution in [3.05, 3.63) is 89.3 Å². The lowest BCUT2D eigenvalue weighted by Gasteiger charge is -2.11. The van der Waals surface area contributed by atoms with Crippen molar-refractivity contribution in [1.29, 1.82) is 0 Å². The average molecular weight is 539 g/mol. The molecule has 0 atom stereocenters. The maximum Gasteiger partial charge on any atom is 0.255 e. The van der Waals surface area contributed by atoms with Crippen LogP contribution in [0.25, 0.3) is 0 Å². The summed E-state index contributed by atoms with van der Waals surface area (Å²) in [5, 5.41) is 15.0. The predicted molar refractivity (Wildman–Crippen MR) is 145 cm³/mol. The average Bonchev–Trinajstić information content (AvgIpc) is 3.33. The second kappa shape index (κ2) is 11.7. The van der Waals surface area contributed by atoms with E-state index >= 15 is 0 Å². The first-order valence-corrected chi connectivity index (χ1v) is 13.6. The summed E-state index contributed by atoms with van der Waals surface area (Å²) in [5.74, 6) is 1.08. The van der Waals surface area contributed by atoms with Gasteiger partial charge in [-0.1, -0.05) is 18.2 Å². The van der Waals surface area contributed by atoms with E-state index in [-0.39, 0.29) is 22.2 Å². The number of para-hydroxylation sites is 1. The Balaban J connectivity index is 1.23. The molecule has 0 fully saturated rings. The second-order valence-electron chi connectivity index (χ2n) is 7.87. The summed E-state index contributed by atoms with van der Waals surface area (Å²) >= 11 is 1.45. The van der Waals surface area contributed by atoms with Gasteiger partial charge in [0.1, 0.15) is 17.4 Å². The monoisotopic (exact) mass is 538 g/mol. The van der Waals surface area contributed by atoms with E-state index in [0.29, 0.717) is 25.5 Å². The summed E-state index contributed by atoms with van der Waals surface area (Å²) in [4.78, 5) is 17.9. The van der Waals surface area contributed by atoms with Gasteiger partial charge in [0.2, 0.25) is 10.0 Å². The van der Waals surface area contributed by atoms with Crippen molar-refractivity contribution >= 4 is 44.6 Å². The molecule has 192 valence electrons. The van der Waals surface area contributed by atoms with E-state index in [1.54, 1.807) is 24.3 Å². The summed E-state index contributed by atoms with van der Waals surface area (Å²) in [7, 11) is -3.72. The standard InChI is InChI=1S/C25H26N6O4S2/c26-24-21(25(32)30-16-19-8-13-23(36-19)35-18-4-2-1-3-5-18)11-12-22(31-24)29-15-14-28-17-6-9-20(10-7-17)37(27,33)34/h1-13,28H,14-16H2,(H,30,32)(H3,26,29,31)(H2,27,33,34). The third kappa shape index (κ3) is 7.43. The molecule has 0 saturated heterocycles. The van der Waals surface area contributed by atoms with Crippen LogP contribution in [0.2, 0.25) is 0 Å². The molecule has 0 unspecified atom stereocenters. The van der Waals surface area contributed by atoms with Crippen molar-refractivity contribution in [1.82, 2.24) is 10.3 Å².